The number of aryl methyl sites for hydroxylation is 1. The van der Waals surface area contributed by atoms with Gasteiger partial charge in [0.2, 0.25) is 0 Å². The smallest absolute Gasteiger partial charge is 0.305 e. The van der Waals surface area contributed by atoms with Gasteiger partial charge in [-0.05, 0) is 42.5 Å². The molecule has 0 unspecified atom stereocenters. The van der Waals surface area contributed by atoms with Crippen LogP contribution in [0.5, 0.6) is 0 Å². The number of carboxylic acids is 1. The SMILES string of the molecule is CCCc1ccc(-c2ccc([C@@]3(CC(=O)O)CCCCS3(=O)=O)s2)cc1. The number of carboxylic acid groups (broad SMARTS) is 1. The van der Waals surface area contributed by atoms with Gasteiger partial charge in [-0.2, -0.15) is 0 Å². The summed E-state index contributed by atoms with van der Waals surface area (Å²) in [7, 11) is -3.49. The lowest BCUT2D eigenvalue weighted by molar-refractivity contribution is -0.137. The number of rotatable bonds is 6. The maximum atomic E-state index is 12.8. The lowest BCUT2D eigenvalue weighted by atomic mass is 9.95. The highest BCUT2D eigenvalue weighted by Crippen LogP contribution is 2.47. The molecular weight excluding hydrogens is 368 g/mol. The minimum atomic E-state index is -3.49. The number of hydrogen-bond acceptors (Lipinski definition) is 4. The number of carbonyl (C=O) groups is 1. The molecule has 3 rings (SSSR count). The lowest BCUT2D eigenvalue weighted by Gasteiger charge is -2.34. The second kappa shape index (κ2) is 7.53. The standard InChI is InChI=1S/C20H24O4S2/c1-2-5-15-6-8-16(9-7-15)17-10-11-18(25-17)20(14-19(21)22)12-3-4-13-26(20,23)24/h6-11H,2-5,12-14H2,1H3,(H,21,22)/t20-/m0/s1. The quantitative estimate of drug-likeness (QED) is 0.777. The first-order valence-corrected chi connectivity index (χ1v) is 11.5. The molecule has 140 valence electrons. The fraction of sp³-hybridized carbons (Fsp3) is 0.450. The van der Waals surface area contributed by atoms with Crippen LogP contribution in [0.25, 0.3) is 10.4 Å². The van der Waals surface area contributed by atoms with E-state index in [2.05, 4.69) is 31.2 Å². The van der Waals surface area contributed by atoms with E-state index in [0.717, 1.165) is 29.7 Å². The van der Waals surface area contributed by atoms with E-state index in [4.69, 9.17) is 0 Å². The third kappa shape index (κ3) is 3.58. The molecule has 0 radical (unpaired) electrons. The Hall–Kier alpha value is -1.66. The van der Waals surface area contributed by atoms with Gasteiger partial charge in [0.25, 0.3) is 0 Å². The summed E-state index contributed by atoms with van der Waals surface area (Å²) in [6.07, 6.45) is 3.52. The van der Waals surface area contributed by atoms with E-state index in [1.807, 2.05) is 12.1 Å². The Morgan fingerprint density at radius 3 is 2.50 bits per heavy atom. The van der Waals surface area contributed by atoms with Crippen LogP contribution in [-0.4, -0.2) is 25.2 Å². The molecular formula is C20H24O4S2. The second-order valence-corrected chi connectivity index (χ2v) is 10.5. The summed E-state index contributed by atoms with van der Waals surface area (Å²) >= 11 is 1.41. The van der Waals surface area contributed by atoms with Crippen LogP contribution in [0.1, 0.15) is 49.5 Å². The van der Waals surface area contributed by atoms with Crippen LogP contribution >= 0.6 is 11.3 Å². The molecule has 2 aromatic rings. The average Bonchev–Trinajstić information content (AvgIpc) is 3.08. The molecule has 0 amide bonds. The van der Waals surface area contributed by atoms with Gasteiger partial charge in [0.1, 0.15) is 4.75 Å². The van der Waals surface area contributed by atoms with Gasteiger partial charge in [0.05, 0.1) is 12.2 Å². The first-order chi connectivity index (χ1) is 12.4. The summed E-state index contributed by atoms with van der Waals surface area (Å²) < 4.78 is 24.4. The summed E-state index contributed by atoms with van der Waals surface area (Å²) in [5.41, 5.74) is 2.32. The van der Waals surface area contributed by atoms with Crippen molar-refractivity contribution in [3.63, 3.8) is 0 Å². The van der Waals surface area contributed by atoms with Crippen LogP contribution in [0, 0.1) is 0 Å². The van der Waals surface area contributed by atoms with Crippen molar-refractivity contribution in [2.45, 2.75) is 50.2 Å². The van der Waals surface area contributed by atoms with Crippen molar-refractivity contribution in [1.82, 2.24) is 0 Å². The topological polar surface area (TPSA) is 71.4 Å². The maximum Gasteiger partial charge on any atom is 0.305 e. The molecule has 4 nitrogen and oxygen atoms in total. The minimum absolute atomic E-state index is 0.0687. The van der Waals surface area contributed by atoms with Crippen molar-refractivity contribution in [2.24, 2.45) is 0 Å². The molecule has 26 heavy (non-hydrogen) atoms. The average molecular weight is 393 g/mol. The molecule has 6 heteroatoms. The second-order valence-electron chi connectivity index (χ2n) is 6.95. The molecule has 0 bridgehead atoms. The van der Waals surface area contributed by atoms with E-state index in [-0.39, 0.29) is 12.2 Å². The van der Waals surface area contributed by atoms with Crippen molar-refractivity contribution in [1.29, 1.82) is 0 Å². The zero-order valence-electron chi connectivity index (χ0n) is 14.9. The highest BCUT2D eigenvalue weighted by molar-refractivity contribution is 7.92. The van der Waals surface area contributed by atoms with Gasteiger partial charge >= 0.3 is 5.97 Å². The van der Waals surface area contributed by atoms with Crippen LogP contribution in [0.4, 0.5) is 0 Å². The minimum Gasteiger partial charge on any atom is -0.481 e. The summed E-state index contributed by atoms with van der Waals surface area (Å²) in [6, 6.07) is 12.0. The molecule has 1 atom stereocenters. The zero-order chi connectivity index (χ0) is 18.8. The third-order valence-electron chi connectivity index (χ3n) is 5.11. The lowest BCUT2D eigenvalue weighted by Crippen LogP contribution is -2.41. The normalized spacial score (nSPS) is 22.2. The molecule has 0 spiro atoms. The molecule has 1 aromatic heterocycles. The first kappa shape index (κ1) is 19.1. The predicted molar refractivity (Wildman–Crippen MR) is 105 cm³/mol. The van der Waals surface area contributed by atoms with Gasteiger partial charge in [-0.1, -0.05) is 44.0 Å². The van der Waals surface area contributed by atoms with Crippen molar-refractivity contribution < 1.29 is 18.3 Å². The largest absolute Gasteiger partial charge is 0.481 e. The monoisotopic (exact) mass is 392 g/mol. The Balaban J connectivity index is 1.98. The van der Waals surface area contributed by atoms with E-state index in [0.29, 0.717) is 17.7 Å². The molecule has 1 aromatic carbocycles. The molecule has 0 aliphatic carbocycles. The van der Waals surface area contributed by atoms with E-state index in [1.54, 1.807) is 0 Å². The number of sulfone groups is 1. The number of hydrogen-bond donors (Lipinski definition) is 1. The summed E-state index contributed by atoms with van der Waals surface area (Å²) in [5.74, 6) is -0.992. The van der Waals surface area contributed by atoms with Gasteiger partial charge in [0, 0.05) is 9.75 Å². The summed E-state index contributed by atoms with van der Waals surface area (Å²) in [6.45, 7) is 2.14. The van der Waals surface area contributed by atoms with E-state index in [1.165, 1.54) is 16.9 Å². The van der Waals surface area contributed by atoms with Crippen LogP contribution in [0.2, 0.25) is 0 Å². The number of thiophene rings is 1. The Morgan fingerprint density at radius 2 is 1.88 bits per heavy atom. The van der Waals surface area contributed by atoms with Crippen LogP contribution in [-0.2, 0) is 25.8 Å². The van der Waals surface area contributed by atoms with E-state index in [9.17, 15) is 18.3 Å². The molecule has 2 heterocycles. The van der Waals surface area contributed by atoms with Crippen LogP contribution < -0.4 is 0 Å². The Labute approximate surface area is 158 Å². The van der Waals surface area contributed by atoms with Gasteiger partial charge in [-0.25, -0.2) is 8.42 Å². The molecule has 1 saturated heterocycles. The summed E-state index contributed by atoms with van der Waals surface area (Å²) in [4.78, 5) is 13.1. The fourth-order valence-corrected chi connectivity index (χ4v) is 7.50. The van der Waals surface area contributed by atoms with Crippen molar-refractivity contribution in [3.8, 4) is 10.4 Å². The van der Waals surface area contributed by atoms with Crippen molar-refractivity contribution in [2.75, 3.05) is 5.75 Å². The Bertz CT molecular complexity index is 881. The van der Waals surface area contributed by atoms with Gasteiger partial charge in [-0.3, -0.25) is 4.79 Å². The van der Waals surface area contributed by atoms with E-state index >= 15 is 0 Å². The van der Waals surface area contributed by atoms with Crippen LogP contribution in [0.15, 0.2) is 36.4 Å². The first-order valence-electron chi connectivity index (χ1n) is 9.02. The zero-order valence-corrected chi connectivity index (χ0v) is 16.5. The highest BCUT2D eigenvalue weighted by atomic mass is 32.2. The van der Waals surface area contributed by atoms with Crippen molar-refractivity contribution >= 4 is 27.1 Å². The molecule has 1 fully saturated rings. The number of benzene rings is 1. The fourth-order valence-electron chi connectivity index (χ4n) is 3.72. The maximum absolute atomic E-state index is 12.8. The van der Waals surface area contributed by atoms with Crippen molar-refractivity contribution in [3.05, 3.63) is 46.8 Å². The Kier molecular flexibility index (Phi) is 5.53. The molecule has 1 N–H and O–H groups in total. The molecule has 1 aliphatic rings. The van der Waals surface area contributed by atoms with E-state index < -0.39 is 20.6 Å². The molecule has 1 aliphatic heterocycles. The van der Waals surface area contributed by atoms with Gasteiger partial charge in [0.15, 0.2) is 9.84 Å². The Morgan fingerprint density at radius 1 is 1.15 bits per heavy atom. The summed E-state index contributed by atoms with van der Waals surface area (Å²) in [5, 5.41) is 9.37. The predicted octanol–water partition coefficient (Wildman–Crippen LogP) is 4.64. The van der Waals surface area contributed by atoms with Crippen LogP contribution in [0.3, 0.4) is 0 Å². The third-order valence-corrected chi connectivity index (χ3v) is 9.16. The molecule has 0 saturated carbocycles. The highest BCUT2D eigenvalue weighted by Gasteiger charge is 2.49. The van der Waals surface area contributed by atoms with Gasteiger partial charge in [-0.15, -0.1) is 11.3 Å². The van der Waals surface area contributed by atoms with Gasteiger partial charge < -0.3 is 5.11 Å². The number of aliphatic carboxylic acids is 1.